The molecule has 0 heterocycles. The largest absolute Gasteiger partial charge is 0.392 e. The van der Waals surface area contributed by atoms with E-state index in [2.05, 4.69) is 0 Å². The molecule has 1 rings (SSSR count). The van der Waals surface area contributed by atoms with Crippen LogP contribution in [-0.4, -0.2) is 16.5 Å². The van der Waals surface area contributed by atoms with Gasteiger partial charge in [0.15, 0.2) is 0 Å². The highest BCUT2D eigenvalue weighted by Gasteiger charge is 2.16. The zero-order valence-corrected chi connectivity index (χ0v) is 11.5. The minimum absolute atomic E-state index is 0.0531. The number of hydrogen-bond donors (Lipinski definition) is 2. The summed E-state index contributed by atoms with van der Waals surface area (Å²) in [7, 11) is 0. The van der Waals surface area contributed by atoms with Crippen LogP contribution >= 0.6 is 11.8 Å². The molecule has 0 aromatic heterocycles. The molecule has 3 atom stereocenters. The van der Waals surface area contributed by atoms with Crippen molar-refractivity contribution in [2.45, 2.75) is 50.0 Å². The van der Waals surface area contributed by atoms with Gasteiger partial charge in [-0.3, -0.25) is 0 Å². The molecule has 0 aliphatic heterocycles. The topological polar surface area (TPSA) is 46.2 Å². The second kappa shape index (κ2) is 5.85. The summed E-state index contributed by atoms with van der Waals surface area (Å²) in [5, 5.41) is 9.56. The second-order valence-electron chi connectivity index (χ2n) is 4.49. The smallest absolute Gasteiger partial charge is 0.126 e. The summed E-state index contributed by atoms with van der Waals surface area (Å²) in [6.07, 6.45) is -0.411. The summed E-state index contributed by atoms with van der Waals surface area (Å²) in [4.78, 5) is 0.951. The average Bonchev–Trinajstić information content (AvgIpc) is 2.22. The third-order valence-corrected chi connectivity index (χ3v) is 4.15. The first-order valence-electron chi connectivity index (χ1n) is 5.73. The predicted octanol–water partition coefficient (Wildman–Crippen LogP) is 3.02. The molecule has 17 heavy (non-hydrogen) atoms. The molecule has 96 valence electrons. The van der Waals surface area contributed by atoms with E-state index in [9.17, 15) is 9.50 Å². The highest BCUT2D eigenvalue weighted by molar-refractivity contribution is 8.00. The Morgan fingerprint density at radius 2 is 1.88 bits per heavy atom. The number of thioether (sulfide) groups is 1. The van der Waals surface area contributed by atoms with E-state index in [-0.39, 0.29) is 17.1 Å². The van der Waals surface area contributed by atoms with E-state index in [0.29, 0.717) is 5.56 Å². The van der Waals surface area contributed by atoms with Crippen LogP contribution in [0.5, 0.6) is 0 Å². The van der Waals surface area contributed by atoms with Crippen LogP contribution in [-0.2, 0) is 0 Å². The van der Waals surface area contributed by atoms with Gasteiger partial charge in [-0.1, -0.05) is 6.92 Å². The molecule has 0 saturated heterocycles. The molecule has 0 spiro atoms. The van der Waals surface area contributed by atoms with Gasteiger partial charge in [-0.05, 0) is 44.0 Å². The van der Waals surface area contributed by atoms with Crippen molar-refractivity contribution < 1.29 is 9.50 Å². The molecule has 1 aromatic carbocycles. The Labute approximate surface area is 106 Å². The summed E-state index contributed by atoms with van der Waals surface area (Å²) < 4.78 is 13.5. The fourth-order valence-electron chi connectivity index (χ4n) is 1.43. The van der Waals surface area contributed by atoms with Gasteiger partial charge in [-0.15, -0.1) is 11.8 Å². The molecule has 1 aromatic rings. The van der Waals surface area contributed by atoms with Gasteiger partial charge < -0.3 is 10.8 Å². The maximum Gasteiger partial charge on any atom is 0.126 e. The first kappa shape index (κ1) is 14.5. The predicted molar refractivity (Wildman–Crippen MR) is 70.7 cm³/mol. The van der Waals surface area contributed by atoms with Crippen LogP contribution in [0.1, 0.15) is 37.9 Å². The van der Waals surface area contributed by atoms with Crippen LogP contribution in [0.15, 0.2) is 17.0 Å². The lowest BCUT2D eigenvalue weighted by Crippen LogP contribution is -2.16. The Morgan fingerprint density at radius 1 is 1.29 bits per heavy atom. The van der Waals surface area contributed by atoms with E-state index in [4.69, 9.17) is 5.73 Å². The van der Waals surface area contributed by atoms with Crippen LogP contribution in [0.25, 0.3) is 0 Å². The van der Waals surface area contributed by atoms with Gasteiger partial charge in [0.2, 0.25) is 0 Å². The molecule has 4 heteroatoms. The Balaban J connectivity index is 3.08. The molecule has 3 N–H and O–H groups in total. The third kappa shape index (κ3) is 3.69. The van der Waals surface area contributed by atoms with Gasteiger partial charge in [0, 0.05) is 16.2 Å². The van der Waals surface area contributed by atoms with Gasteiger partial charge in [0.1, 0.15) is 5.82 Å². The molecule has 0 saturated carbocycles. The lowest BCUT2D eigenvalue weighted by atomic mass is 10.1. The summed E-state index contributed by atoms with van der Waals surface area (Å²) >= 11 is 1.53. The number of aryl methyl sites for hydroxylation is 1. The number of aliphatic hydroxyl groups is 1. The fraction of sp³-hybridized carbons (Fsp3) is 0.538. The van der Waals surface area contributed by atoms with Crippen LogP contribution in [0.3, 0.4) is 0 Å². The van der Waals surface area contributed by atoms with Crippen molar-refractivity contribution in [2.75, 3.05) is 0 Å². The molecule has 0 aliphatic carbocycles. The zero-order chi connectivity index (χ0) is 13.2. The molecule has 0 radical (unpaired) electrons. The zero-order valence-electron chi connectivity index (χ0n) is 10.7. The number of benzene rings is 1. The summed E-state index contributed by atoms with van der Waals surface area (Å²) in [6, 6.07) is 3.09. The van der Waals surface area contributed by atoms with Crippen molar-refractivity contribution in [3.63, 3.8) is 0 Å². The van der Waals surface area contributed by atoms with Crippen molar-refractivity contribution in [3.8, 4) is 0 Å². The Bertz CT molecular complexity index is 393. The summed E-state index contributed by atoms with van der Waals surface area (Å²) in [5.74, 6) is -0.230. The van der Waals surface area contributed by atoms with Crippen LogP contribution < -0.4 is 5.73 Å². The Morgan fingerprint density at radius 3 is 2.35 bits per heavy atom. The number of halogens is 1. The van der Waals surface area contributed by atoms with Crippen molar-refractivity contribution in [2.24, 2.45) is 5.73 Å². The molecular formula is C13H20FNOS. The van der Waals surface area contributed by atoms with E-state index in [1.54, 1.807) is 19.9 Å². The highest BCUT2D eigenvalue weighted by Crippen LogP contribution is 2.32. The van der Waals surface area contributed by atoms with E-state index < -0.39 is 6.10 Å². The van der Waals surface area contributed by atoms with Gasteiger partial charge in [-0.2, -0.15) is 0 Å². The molecule has 2 nitrogen and oxygen atoms in total. The van der Waals surface area contributed by atoms with Crippen molar-refractivity contribution >= 4 is 11.8 Å². The number of rotatable bonds is 4. The lowest BCUT2D eigenvalue weighted by molar-refractivity contribution is 0.196. The van der Waals surface area contributed by atoms with Gasteiger partial charge >= 0.3 is 0 Å². The molecule has 2 unspecified atom stereocenters. The van der Waals surface area contributed by atoms with E-state index >= 15 is 0 Å². The first-order valence-corrected chi connectivity index (χ1v) is 6.61. The van der Waals surface area contributed by atoms with Crippen LogP contribution in [0.4, 0.5) is 4.39 Å². The van der Waals surface area contributed by atoms with E-state index in [1.165, 1.54) is 17.8 Å². The summed E-state index contributed by atoms with van der Waals surface area (Å²) in [5.41, 5.74) is 7.25. The molecule has 0 bridgehead atoms. The number of hydrogen-bond acceptors (Lipinski definition) is 3. The maximum absolute atomic E-state index is 13.5. The standard InChI is InChI=1S/C13H20FNOS/c1-7-5-13(17-10(4)9(3)16)11(8(2)15)6-12(7)14/h5-6,8-10,16H,15H2,1-4H3/t8-,9?,10?/m0/s1. The van der Waals surface area contributed by atoms with E-state index in [0.717, 1.165) is 10.5 Å². The Kier molecular flexibility index (Phi) is 4.98. The van der Waals surface area contributed by atoms with Gasteiger partial charge in [-0.25, -0.2) is 4.39 Å². The normalized spacial score (nSPS) is 16.6. The van der Waals surface area contributed by atoms with Crippen LogP contribution in [0, 0.1) is 12.7 Å². The quantitative estimate of drug-likeness (QED) is 0.815. The van der Waals surface area contributed by atoms with Gasteiger partial charge in [0.05, 0.1) is 6.10 Å². The minimum Gasteiger partial charge on any atom is -0.392 e. The SMILES string of the molecule is Cc1cc(SC(C)C(C)O)c([C@H](C)N)cc1F. The number of aliphatic hydroxyl groups excluding tert-OH is 1. The highest BCUT2D eigenvalue weighted by atomic mass is 32.2. The summed E-state index contributed by atoms with van der Waals surface area (Å²) in [6.45, 7) is 7.26. The molecule has 0 amide bonds. The van der Waals surface area contributed by atoms with Crippen molar-refractivity contribution in [1.29, 1.82) is 0 Å². The van der Waals surface area contributed by atoms with Crippen LogP contribution in [0.2, 0.25) is 0 Å². The molecule has 0 fully saturated rings. The maximum atomic E-state index is 13.5. The lowest BCUT2D eigenvalue weighted by Gasteiger charge is -2.19. The fourth-order valence-corrected chi connectivity index (χ4v) is 2.65. The van der Waals surface area contributed by atoms with Gasteiger partial charge in [0.25, 0.3) is 0 Å². The van der Waals surface area contributed by atoms with Crippen molar-refractivity contribution in [1.82, 2.24) is 0 Å². The van der Waals surface area contributed by atoms with Crippen molar-refractivity contribution in [3.05, 3.63) is 29.1 Å². The minimum atomic E-state index is -0.411. The molecular weight excluding hydrogens is 237 g/mol. The number of nitrogens with two attached hydrogens (primary N) is 1. The monoisotopic (exact) mass is 257 g/mol. The first-order chi connectivity index (χ1) is 7.82. The van der Waals surface area contributed by atoms with E-state index in [1.807, 2.05) is 13.8 Å². The average molecular weight is 257 g/mol. The molecule has 0 aliphatic rings. The Hall–Kier alpha value is -0.580. The second-order valence-corrected chi connectivity index (χ2v) is 5.91. The third-order valence-electron chi connectivity index (χ3n) is 2.77.